The largest absolute Gasteiger partial charge is 0.492 e. The molecule has 2 rings (SSSR count). The number of hydrazine groups is 1. The molecule has 0 aliphatic rings. The number of hydrogen-bond acceptors (Lipinski definition) is 3. The van der Waals surface area contributed by atoms with E-state index < -0.39 is 5.41 Å². The maximum atomic E-state index is 11.7. The Bertz CT molecular complexity index is 609. The van der Waals surface area contributed by atoms with E-state index in [0.717, 1.165) is 16.9 Å². The molecule has 0 aliphatic heterocycles. The standard InChI is InChI=1S/C17H20N2O2/c1-17(2,16(20)19-18)12-21-15-11-7-6-10-14(15)13-8-4-3-5-9-13/h3-11H,12,18H2,1-2H3,(H,19,20). The Labute approximate surface area is 124 Å². The van der Waals surface area contributed by atoms with Crippen LogP contribution in [0, 0.1) is 5.41 Å². The molecule has 0 atom stereocenters. The Morgan fingerprint density at radius 1 is 1.10 bits per heavy atom. The van der Waals surface area contributed by atoms with Crippen LogP contribution < -0.4 is 16.0 Å². The van der Waals surface area contributed by atoms with Crippen LogP contribution in [0.25, 0.3) is 11.1 Å². The fraction of sp³-hybridized carbons (Fsp3) is 0.235. The fourth-order valence-corrected chi connectivity index (χ4v) is 1.97. The summed E-state index contributed by atoms with van der Waals surface area (Å²) in [4.78, 5) is 11.7. The van der Waals surface area contributed by atoms with Crippen molar-refractivity contribution in [3.05, 3.63) is 54.6 Å². The molecule has 4 nitrogen and oxygen atoms in total. The lowest BCUT2D eigenvalue weighted by Gasteiger charge is -2.23. The first kappa shape index (κ1) is 15.1. The summed E-state index contributed by atoms with van der Waals surface area (Å²) in [6.45, 7) is 3.83. The Kier molecular flexibility index (Phi) is 4.60. The van der Waals surface area contributed by atoms with Gasteiger partial charge in [0.25, 0.3) is 0 Å². The number of carbonyl (C=O) groups is 1. The number of rotatable bonds is 5. The first-order valence-electron chi connectivity index (χ1n) is 6.83. The van der Waals surface area contributed by atoms with E-state index in [0.29, 0.717) is 0 Å². The van der Waals surface area contributed by atoms with E-state index in [9.17, 15) is 4.79 Å². The highest BCUT2D eigenvalue weighted by Crippen LogP contribution is 2.30. The number of amides is 1. The number of nitrogens with one attached hydrogen (secondary N) is 1. The molecule has 0 saturated carbocycles. The first-order chi connectivity index (χ1) is 10.0. The Morgan fingerprint density at radius 2 is 1.71 bits per heavy atom. The third-order valence-corrected chi connectivity index (χ3v) is 3.31. The van der Waals surface area contributed by atoms with E-state index in [-0.39, 0.29) is 12.5 Å². The zero-order chi connectivity index (χ0) is 15.3. The molecule has 3 N–H and O–H groups in total. The van der Waals surface area contributed by atoms with Crippen molar-refractivity contribution in [1.82, 2.24) is 5.43 Å². The fourth-order valence-electron chi connectivity index (χ4n) is 1.97. The molecule has 0 heterocycles. The predicted octanol–water partition coefficient (Wildman–Crippen LogP) is 2.75. The molecule has 110 valence electrons. The van der Waals surface area contributed by atoms with E-state index in [4.69, 9.17) is 10.6 Å². The van der Waals surface area contributed by atoms with E-state index in [1.54, 1.807) is 13.8 Å². The maximum Gasteiger partial charge on any atom is 0.242 e. The number of ether oxygens (including phenoxy) is 1. The summed E-state index contributed by atoms with van der Waals surface area (Å²) in [6, 6.07) is 17.8. The Morgan fingerprint density at radius 3 is 2.38 bits per heavy atom. The Hall–Kier alpha value is -2.33. The average Bonchev–Trinajstić information content (AvgIpc) is 2.53. The minimum absolute atomic E-state index is 0.250. The zero-order valence-corrected chi connectivity index (χ0v) is 12.3. The lowest BCUT2D eigenvalue weighted by molar-refractivity contribution is -0.130. The van der Waals surface area contributed by atoms with Gasteiger partial charge in [-0.05, 0) is 25.5 Å². The minimum atomic E-state index is -0.696. The second-order valence-electron chi connectivity index (χ2n) is 5.51. The van der Waals surface area contributed by atoms with Gasteiger partial charge in [0.2, 0.25) is 5.91 Å². The molecule has 0 bridgehead atoms. The van der Waals surface area contributed by atoms with Gasteiger partial charge in [0.15, 0.2) is 0 Å². The smallest absolute Gasteiger partial charge is 0.242 e. The van der Waals surface area contributed by atoms with Crippen molar-refractivity contribution in [2.45, 2.75) is 13.8 Å². The normalized spacial score (nSPS) is 11.0. The van der Waals surface area contributed by atoms with Crippen molar-refractivity contribution in [2.75, 3.05) is 6.61 Å². The highest BCUT2D eigenvalue weighted by molar-refractivity contribution is 5.81. The number of hydrogen-bond donors (Lipinski definition) is 2. The summed E-state index contributed by atoms with van der Waals surface area (Å²) in [5, 5.41) is 0. The van der Waals surface area contributed by atoms with Gasteiger partial charge in [-0.25, -0.2) is 5.84 Å². The molecule has 4 heteroatoms. The van der Waals surface area contributed by atoms with Crippen LogP contribution in [0.15, 0.2) is 54.6 Å². The van der Waals surface area contributed by atoms with Crippen LogP contribution in [0.5, 0.6) is 5.75 Å². The third-order valence-electron chi connectivity index (χ3n) is 3.31. The molecule has 2 aromatic carbocycles. The third kappa shape index (κ3) is 3.61. The zero-order valence-electron chi connectivity index (χ0n) is 12.3. The van der Waals surface area contributed by atoms with E-state index >= 15 is 0 Å². The van der Waals surface area contributed by atoms with Gasteiger partial charge in [0.05, 0.1) is 5.41 Å². The lowest BCUT2D eigenvalue weighted by atomic mass is 9.94. The van der Waals surface area contributed by atoms with Crippen LogP contribution in [0.4, 0.5) is 0 Å². The quantitative estimate of drug-likeness (QED) is 0.504. The van der Waals surface area contributed by atoms with Crippen molar-refractivity contribution >= 4 is 5.91 Å². The van der Waals surface area contributed by atoms with Crippen molar-refractivity contribution in [3.63, 3.8) is 0 Å². The number of carbonyl (C=O) groups excluding carboxylic acids is 1. The average molecular weight is 284 g/mol. The maximum absolute atomic E-state index is 11.7. The van der Waals surface area contributed by atoms with Crippen LogP contribution in [0.2, 0.25) is 0 Å². The van der Waals surface area contributed by atoms with Gasteiger partial charge in [-0.1, -0.05) is 48.5 Å². The van der Waals surface area contributed by atoms with Gasteiger partial charge in [-0.15, -0.1) is 0 Å². The van der Waals surface area contributed by atoms with Gasteiger partial charge in [0.1, 0.15) is 12.4 Å². The van der Waals surface area contributed by atoms with Crippen LogP contribution in [0.1, 0.15) is 13.8 Å². The Balaban J connectivity index is 2.20. The summed E-state index contributed by atoms with van der Waals surface area (Å²) in [7, 11) is 0. The summed E-state index contributed by atoms with van der Waals surface area (Å²) in [6.07, 6.45) is 0. The van der Waals surface area contributed by atoms with Crippen molar-refractivity contribution in [1.29, 1.82) is 0 Å². The molecule has 0 aliphatic carbocycles. The lowest BCUT2D eigenvalue weighted by Crippen LogP contribution is -2.44. The van der Waals surface area contributed by atoms with Gasteiger partial charge in [0, 0.05) is 5.56 Å². The van der Waals surface area contributed by atoms with Gasteiger partial charge >= 0.3 is 0 Å². The molecular formula is C17H20N2O2. The van der Waals surface area contributed by atoms with Crippen molar-refractivity contribution in [3.8, 4) is 16.9 Å². The first-order valence-corrected chi connectivity index (χ1v) is 6.83. The summed E-state index contributed by atoms with van der Waals surface area (Å²) < 4.78 is 5.86. The van der Waals surface area contributed by atoms with Gasteiger partial charge in [-0.3, -0.25) is 10.2 Å². The summed E-state index contributed by atoms with van der Waals surface area (Å²) in [5.74, 6) is 5.69. The van der Waals surface area contributed by atoms with E-state index in [1.165, 1.54) is 0 Å². The summed E-state index contributed by atoms with van der Waals surface area (Å²) in [5.41, 5.74) is 3.55. The number of para-hydroxylation sites is 1. The molecule has 2 aromatic rings. The molecule has 21 heavy (non-hydrogen) atoms. The van der Waals surface area contributed by atoms with Crippen LogP contribution in [-0.2, 0) is 4.79 Å². The van der Waals surface area contributed by atoms with Gasteiger partial charge in [-0.2, -0.15) is 0 Å². The molecule has 0 spiro atoms. The molecular weight excluding hydrogens is 264 g/mol. The second-order valence-corrected chi connectivity index (χ2v) is 5.51. The predicted molar refractivity (Wildman–Crippen MR) is 83.5 cm³/mol. The van der Waals surface area contributed by atoms with Crippen molar-refractivity contribution in [2.24, 2.45) is 11.3 Å². The van der Waals surface area contributed by atoms with Crippen LogP contribution >= 0.6 is 0 Å². The molecule has 0 radical (unpaired) electrons. The monoisotopic (exact) mass is 284 g/mol. The SMILES string of the molecule is CC(C)(COc1ccccc1-c1ccccc1)C(=O)NN. The molecule has 0 aromatic heterocycles. The highest BCUT2D eigenvalue weighted by Gasteiger charge is 2.28. The topological polar surface area (TPSA) is 64.3 Å². The molecule has 1 amide bonds. The van der Waals surface area contributed by atoms with Crippen LogP contribution in [0.3, 0.4) is 0 Å². The molecule has 0 unspecified atom stereocenters. The van der Waals surface area contributed by atoms with E-state index in [1.807, 2.05) is 54.6 Å². The molecule has 0 fully saturated rings. The van der Waals surface area contributed by atoms with E-state index in [2.05, 4.69) is 5.43 Å². The minimum Gasteiger partial charge on any atom is -0.492 e. The second kappa shape index (κ2) is 6.41. The molecule has 0 saturated heterocycles. The number of nitrogens with two attached hydrogens (primary N) is 1. The number of benzene rings is 2. The van der Waals surface area contributed by atoms with Crippen LogP contribution in [-0.4, -0.2) is 12.5 Å². The van der Waals surface area contributed by atoms with Crippen molar-refractivity contribution < 1.29 is 9.53 Å². The van der Waals surface area contributed by atoms with Gasteiger partial charge < -0.3 is 4.74 Å². The highest BCUT2D eigenvalue weighted by atomic mass is 16.5. The summed E-state index contributed by atoms with van der Waals surface area (Å²) >= 11 is 0.